The summed E-state index contributed by atoms with van der Waals surface area (Å²) in [4.78, 5) is 20.5. The van der Waals surface area contributed by atoms with Crippen molar-refractivity contribution in [2.24, 2.45) is 5.10 Å². The summed E-state index contributed by atoms with van der Waals surface area (Å²) in [6.45, 7) is 2.16. The zero-order chi connectivity index (χ0) is 21.4. The smallest absolute Gasteiger partial charge is 0.301 e. The zero-order valence-corrected chi connectivity index (χ0v) is 15.9. The molecule has 1 N–H and O–H groups in total. The van der Waals surface area contributed by atoms with Crippen LogP contribution in [0.1, 0.15) is 12.5 Å². The van der Waals surface area contributed by atoms with Crippen LogP contribution in [-0.4, -0.2) is 29.3 Å². The number of benzene rings is 2. The summed E-state index contributed by atoms with van der Waals surface area (Å²) in [5, 5.41) is 26.1. The third-order valence-electron chi connectivity index (χ3n) is 3.42. The van der Waals surface area contributed by atoms with Gasteiger partial charge in [0.1, 0.15) is 12.3 Å². The fraction of sp³-hybridized carbons (Fsp3) is 0.167. The van der Waals surface area contributed by atoms with Crippen LogP contribution >= 0.6 is 11.6 Å². The van der Waals surface area contributed by atoms with Gasteiger partial charge in [0, 0.05) is 6.07 Å². The van der Waals surface area contributed by atoms with Gasteiger partial charge in [0.2, 0.25) is 0 Å². The van der Waals surface area contributed by atoms with Crippen molar-refractivity contribution in [2.45, 2.75) is 6.92 Å². The number of anilines is 1. The summed E-state index contributed by atoms with van der Waals surface area (Å²) >= 11 is 6.21. The Kier molecular flexibility index (Phi) is 7.33. The summed E-state index contributed by atoms with van der Waals surface area (Å²) in [6.07, 6.45) is 6.54. The molecular formula is C18H15ClN4O6. The molecule has 10 nitrogen and oxygen atoms in total. The van der Waals surface area contributed by atoms with E-state index in [2.05, 4.69) is 16.4 Å². The number of halogens is 1. The van der Waals surface area contributed by atoms with Gasteiger partial charge in [0.15, 0.2) is 11.5 Å². The van der Waals surface area contributed by atoms with Crippen molar-refractivity contribution in [2.75, 3.05) is 18.6 Å². The molecule has 0 radical (unpaired) electrons. The second kappa shape index (κ2) is 9.91. The van der Waals surface area contributed by atoms with E-state index in [4.69, 9.17) is 27.5 Å². The molecule has 0 spiro atoms. The lowest BCUT2D eigenvalue weighted by Gasteiger charge is -2.12. The fourth-order valence-corrected chi connectivity index (χ4v) is 2.51. The van der Waals surface area contributed by atoms with Crippen molar-refractivity contribution in [3.63, 3.8) is 0 Å². The molecular weight excluding hydrogens is 404 g/mol. The van der Waals surface area contributed by atoms with E-state index in [-0.39, 0.29) is 17.3 Å². The molecule has 2 rings (SSSR count). The van der Waals surface area contributed by atoms with E-state index in [1.54, 1.807) is 19.1 Å². The lowest BCUT2D eigenvalue weighted by molar-refractivity contribution is -0.393. The van der Waals surface area contributed by atoms with Gasteiger partial charge in [-0.1, -0.05) is 17.5 Å². The maximum atomic E-state index is 11.1. The molecule has 0 amide bonds. The summed E-state index contributed by atoms with van der Waals surface area (Å²) in [5.41, 5.74) is 2.11. The quantitative estimate of drug-likeness (QED) is 0.282. The van der Waals surface area contributed by atoms with Gasteiger partial charge in [0.25, 0.3) is 5.69 Å². The Labute approximate surface area is 170 Å². The first-order chi connectivity index (χ1) is 13.9. The van der Waals surface area contributed by atoms with Crippen LogP contribution in [0.15, 0.2) is 35.4 Å². The Morgan fingerprint density at radius 2 is 2.00 bits per heavy atom. The van der Waals surface area contributed by atoms with E-state index in [0.29, 0.717) is 23.7 Å². The SMILES string of the molecule is C#CCOc1c(Cl)cc(/C=N\Nc2ccc([N+](=O)[O-])cc2[N+](=O)[O-])cc1OCC. The van der Waals surface area contributed by atoms with Crippen LogP contribution in [0.3, 0.4) is 0 Å². The highest BCUT2D eigenvalue weighted by Gasteiger charge is 2.19. The first-order valence-corrected chi connectivity index (χ1v) is 8.49. The number of ether oxygens (including phenoxy) is 2. The Balaban J connectivity index is 2.27. The second-order valence-electron chi connectivity index (χ2n) is 5.34. The lowest BCUT2D eigenvalue weighted by atomic mass is 10.2. The van der Waals surface area contributed by atoms with Crippen LogP contribution in [-0.2, 0) is 0 Å². The number of nitro groups is 2. The average molecular weight is 419 g/mol. The molecule has 0 saturated carbocycles. The van der Waals surface area contributed by atoms with Gasteiger partial charge in [0.05, 0.1) is 33.8 Å². The molecule has 0 fully saturated rings. The number of terminal acetylenes is 1. The largest absolute Gasteiger partial charge is 0.490 e. The highest BCUT2D eigenvalue weighted by Crippen LogP contribution is 2.36. The molecule has 0 saturated heterocycles. The molecule has 2 aromatic carbocycles. The third kappa shape index (κ3) is 5.57. The van der Waals surface area contributed by atoms with Gasteiger partial charge < -0.3 is 9.47 Å². The minimum Gasteiger partial charge on any atom is -0.490 e. The highest BCUT2D eigenvalue weighted by atomic mass is 35.5. The van der Waals surface area contributed by atoms with E-state index in [0.717, 1.165) is 12.1 Å². The van der Waals surface area contributed by atoms with Crippen LogP contribution in [0.25, 0.3) is 0 Å². The van der Waals surface area contributed by atoms with E-state index >= 15 is 0 Å². The number of nitro benzene ring substituents is 2. The molecule has 0 aliphatic carbocycles. The average Bonchev–Trinajstić information content (AvgIpc) is 2.67. The number of hydrogen-bond acceptors (Lipinski definition) is 8. The number of hydrazone groups is 1. The fourth-order valence-electron chi connectivity index (χ4n) is 2.23. The first kappa shape index (κ1) is 21.5. The van der Waals surface area contributed by atoms with Crippen LogP contribution in [0.2, 0.25) is 5.02 Å². The van der Waals surface area contributed by atoms with Crippen LogP contribution in [0.5, 0.6) is 11.5 Å². The normalized spacial score (nSPS) is 10.4. The molecule has 0 heterocycles. The van der Waals surface area contributed by atoms with Gasteiger partial charge >= 0.3 is 5.69 Å². The van der Waals surface area contributed by atoms with Gasteiger partial charge in [-0.2, -0.15) is 5.10 Å². The minimum atomic E-state index is -0.744. The molecule has 0 aromatic heterocycles. The van der Waals surface area contributed by atoms with Crippen molar-refractivity contribution < 1.29 is 19.3 Å². The molecule has 0 aliphatic heterocycles. The molecule has 0 atom stereocenters. The van der Waals surface area contributed by atoms with E-state index < -0.39 is 21.2 Å². The number of rotatable bonds is 9. The number of non-ortho nitro benzene ring substituents is 1. The van der Waals surface area contributed by atoms with Gasteiger partial charge in [-0.3, -0.25) is 25.7 Å². The molecule has 0 aliphatic rings. The maximum absolute atomic E-state index is 11.1. The Morgan fingerprint density at radius 3 is 2.62 bits per heavy atom. The number of hydrogen-bond donors (Lipinski definition) is 1. The van der Waals surface area contributed by atoms with Crippen LogP contribution in [0, 0.1) is 32.6 Å². The summed E-state index contributed by atoms with van der Waals surface area (Å²) in [6, 6.07) is 6.33. The predicted octanol–water partition coefficient (Wildman–Crippen LogP) is 4.01. The molecule has 0 unspecified atom stereocenters. The second-order valence-corrected chi connectivity index (χ2v) is 5.75. The number of nitrogens with one attached hydrogen (secondary N) is 1. The standard InChI is InChI=1S/C18H15ClN4O6/c1-3-7-29-18-14(19)8-12(9-17(18)28-4-2)11-20-21-15-6-5-13(22(24)25)10-16(15)23(26)27/h1,5-6,8-11,21H,4,7H2,2H3/b20-11-. The van der Waals surface area contributed by atoms with Crippen molar-refractivity contribution >= 4 is 34.9 Å². The monoisotopic (exact) mass is 418 g/mol. The lowest BCUT2D eigenvalue weighted by Crippen LogP contribution is -2.01. The Morgan fingerprint density at radius 1 is 1.24 bits per heavy atom. The Bertz CT molecular complexity index is 1000. The minimum absolute atomic E-state index is 0.0121. The molecule has 29 heavy (non-hydrogen) atoms. The summed E-state index contributed by atoms with van der Waals surface area (Å²) in [7, 11) is 0. The molecule has 11 heteroatoms. The molecule has 150 valence electrons. The predicted molar refractivity (Wildman–Crippen MR) is 108 cm³/mol. The van der Waals surface area contributed by atoms with Crippen molar-refractivity contribution in [3.8, 4) is 23.8 Å². The van der Waals surface area contributed by atoms with Gasteiger partial charge in [-0.05, 0) is 30.7 Å². The molecule has 0 bridgehead atoms. The van der Waals surface area contributed by atoms with Crippen molar-refractivity contribution in [3.05, 3.63) is 61.1 Å². The van der Waals surface area contributed by atoms with E-state index in [1.807, 2.05) is 0 Å². The third-order valence-corrected chi connectivity index (χ3v) is 3.70. The van der Waals surface area contributed by atoms with Crippen molar-refractivity contribution in [1.29, 1.82) is 0 Å². The highest BCUT2D eigenvalue weighted by molar-refractivity contribution is 6.32. The zero-order valence-electron chi connectivity index (χ0n) is 15.1. The van der Waals surface area contributed by atoms with Crippen LogP contribution < -0.4 is 14.9 Å². The van der Waals surface area contributed by atoms with Crippen molar-refractivity contribution in [1.82, 2.24) is 0 Å². The van der Waals surface area contributed by atoms with E-state index in [9.17, 15) is 20.2 Å². The topological polar surface area (TPSA) is 129 Å². The first-order valence-electron chi connectivity index (χ1n) is 8.11. The van der Waals surface area contributed by atoms with E-state index in [1.165, 1.54) is 12.3 Å². The number of nitrogens with zero attached hydrogens (tertiary/aromatic N) is 3. The Hall–Kier alpha value is -3.84. The van der Waals surface area contributed by atoms with Gasteiger partial charge in [-0.25, -0.2) is 0 Å². The van der Waals surface area contributed by atoms with Crippen LogP contribution in [0.4, 0.5) is 17.1 Å². The summed E-state index contributed by atoms with van der Waals surface area (Å²) in [5.74, 6) is 2.99. The maximum Gasteiger partial charge on any atom is 0.301 e. The summed E-state index contributed by atoms with van der Waals surface area (Å²) < 4.78 is 10.9. The molecule has 2 aromatic rings. The van der Waals surface area contributed by atoms with Gasteiger partial charge in [-0.15, -0.1) is 6.42 Å².